The highest BCUT2D eigenvalue weighted by molar-refractivity contribution is 7.22. The summed E-state index contributed by atoms with van der Waals surface area (Å²) in [5.74, 6) is -1.97. The molecule has 1 atom stereocenters. The van der Waals surface area contributed by atoms with E-state index in [0.29, 0.717) is 35.4 Å². The van der Waals surface area contributed by atoms with Crippen molar-refractivity contribution in [2.45, 2.75) is 18.6 Å². The maximum absolute atomic E-state index is 13.4. The van der Waals surface area contributed by atoms with E-state index in [2.05, 4.69) is 25.6 Å². The van der Waals surface area contributed by atoms with Gasteiger partial charge in [-0.15, -0.1) is 0 Å². The number of amides is 3. The highest BCUT2D eigenvalue weighted by Crippen LogP contribution is 2.32. The second kappa shape index (κ2) is 8.77. The Bertz CT molecular complexity index is 1220. The van der Waals surface area contributed by atoms with Crippen molar-refractivity contribution in [2.24, 2.45) is 0 Å². The summed E-state index contributed by atoms with van der Waals surface area (Å²) in [5.41, 5.74) is -1.43. The molecule has 1 fully saturated rings. The third-order valence-corrected chi connectivity index (χ3v) is 5.79. The van der Waals surface area contributed by atoms with Crippen molar-refractivity contribution in [3.8, 4) is 5.88 Å². The number of alkyl halides is 3. The molecule has 3 amide bonds. The van der Waals surface area contributed by atoms with Crippen LogP contribution in [0.2, 0.25) is 0 Å². The van der Waals surface area contributed by atoms with Crippen LogP contribution in [0.15, 0.2) is 24.5 Å². The zero-order valence-electron chi connectivity index (χ0n) is 16.9. The van der Waals surface area contributed by atoms with Crippen LogP contribution in [0.3, 0.4) is 0 Å². The van der Waals surface area contributed by atoms with Crippen LogP contribution in [0.4, 0.5) is 27.5 Å². The van der Waals surface area contributed by atoms with Gasteiger partial charge in [0.1, 0.15) is 12.1 Å². The van der Waals surface area contributed by atoms with E-state index in [-0.39, 0.29) is 23.1 Å². The normalized spacial score (nSPS) is 16.2. The predicted molar refractivity (Wildman–Crippen MR) is 110 cm³/mol. The molecule has 0 saturated carbocycles. The molecule has 2 N–H and O–H groups in total. The SMILES string of the molecule is COc1ncnc2sc(NC(=O)N3CC[C@H](NC(=O)c4ccc(F)c(C(F)(F)F)c4)C3)nc12. The second-order valence-corrected chi connectivity index (χ2v) is 8.06. The molecule has 4 rings (SSSR count). The third-order valence-electron chi connectivity index (χ3n) is 4.91. The Hall–Kier alpha value is -3.55. The van der Waals surface area contributed by atoms with Crippen molar-refractivity contribution >= 4 is 38.8 Å². The van der Waals surface area contributed by atoms with Crippen molar-refractivity contribution in [1.29, 1.82) is 0 Å². The second-order valence-electron chi connectivity index (χ2n) is 7.08. The number of carbonyl (C=O) groups is 2. The topological polar surface area (TPSA) is 109 Å². The Morgan fingerprint density at radius 1 is 1.27 bits per heavy atom. The average molecular weight is 484 g/mol. The predicted octanol–water partition coefficient (Wildman–Crippen LogP) is 3.29. The molecule has 9 nitrogen and oxygen atoms in total. The third kappa shape index (κ3) is 4.79. The van der Waals surface area contributed by atoms with E-state index < -0.39 is 35.5 Å². The summed E-state index contributed by atoms with van der Waals surface area (Å²) in [4.78, 5) is 39.2. The lowest BCUT2D eigenvalue weighted by Crippen LogP contribution is -2.39. The van der Waals surface area contributed by atoms with Gasteiger partial charge in [-0.1, -0.05) is 11.3 Å². The number of anilines is 1. The number of carbonyl (C=O) groups excluding carboxylic acids is 2. The minimum absolute atomic E-state index is 0.138. The smallest absolute Gasteiger partial charge is 0.419 e. The Kier molecular flexibility index (Phi) is 6.01. The van der Waals surface area contributed by atoms with E-state index in [1.807, 2.05) is 0 Å². The van der Waals surface area contributed by atoms with Crippen LogP contribution in [-0.2, 0) is 6.18 Å². The van der Waals surface area contributed by atoms with Crippen molar-refractivity contribution in [3.05, 3.63) is 41.5 Å². The number of halogens is 4. The molecule has 0 aliphatic carbocycles. The lowest BCUT2D eigenvalue weighted by molar-refractivity contribution is -0.140. The summed E-state index contributed by atoms with van der Waals surface area (Å²) in [5, 5.41) is 5.52. The first-order valence-corrected chi connectivity index (χ1v) is 10.4. The minimum atomic E-state index is -4.92. The molecule has 1 aliphatic rings. The van der Waals surface area contributed by atoms with Crippen LogP contribution in [0.1, 0.15) is 22.3 Å². The van der Waals surface area contributed by atoms with Crippen LogP contribution >= 0.6 is 11.3 Å². The van der Waals surface area contributed by atoms with Crippen molar-refractivity contribution < 1.29 is 31.9 Å². The molecule has 33 heavy (non-hydrogen) atoms. The highest BCUT2D eigenvalue weighted by Gasteiger charge is 2.35. The van der Waals surface area contributed by atoms with Gasteiger partial charge in [-0.2, -0.15) is 18.2 Å². The first-order valence-electron chi connectivity index (χ1n) is 9.54. The molecule has 1 saturated heterocycles. The fourth-order valence-corrected chi connectivity index (χ4v) is 4.11. The van der Waals surface area contributed by atoms with Gasteiger partial charge in [-0.05, 0) is 24.6 Å². The van der Waals surface area contributed by atoms with Crippen LogP contribution in [0.25, 0.3) is 10.3 Å². The number of urea groups is 1. The monoisotopic (exact) mass is 484 g/mol. The molecular weight excluding hydrogens is 468 g/mol. The van der Waals surface area contributed by atoms with Gasteiger partial charge in [0.05, 0.1) is 12.7 Å². The number of nitrogens with one attached hydrogen (secondary N) is 2. The summed E-state index contributed by atoms with van der Waals surface area (Å²) in [6.07, 6.45) is -3.21. The summed E-state index contributed by atoms with van der Waals surface area (Å²) in [6.45, 7) is 0.445. The lowest BCUT2D eigenvalue weighted by Gasteiger charge is -2.17. The molecule has 3 aromatic rings. The van der Waals surface area contributed by atoms with Crippen molar-refractivity contribution in [2.75, 3.05) is 25.5 Å². The Morgan fingerprint density at radius 2 is 2.06 bits per heavy atom. The van der Waals surface area contributed by atoms with Gasteiger partial charge in [0.2, 0.25) is 5.88 Å². The number of thiazole rings is 1. The van der Waals surface area contributed by atoms with Gasteiger partial charge in [0.15, 0.2) is 15.5 Å². The van der Waals surface area contributed by atoms with Gasteiger partial charge in [-0.3, -0.25) is 10.1 Å². The number of hydrogen-bond donors (Lipinski definition) is 2. The van der Waals surface area contributed by atoms with Gasteiger partial charge in [0, 0.05) is 24.7 Å². The fourth-order valence-electron chi connectivity index (χ4n) is 3.32. The number of methoxy groups -OCH3 is 1. The van der Waals surface area contributed by atoms with Gasteiger partial charge in [-0.25, -0.2) is 19.2 Å². The van der Waals surface area contributed by atoms with Crippen LogP contribution < -0.4 is 15.4 Å². The zero-order chi connectivity index (χ0) is 23.8. The molecule has 14 heteroatoms. The lowest BCUT2D eigenvalue weighted by atomic mass is 10.1. The van der Waals surface area contributed by atoms with E-state index in [9.17, 15) is 27.2 Å². The molecule has 0 spiro atoms. The number of hydrogen-bond acceptors (Lipinski definition) is 7. The maximum atomic E-state index is 13.4. The van der Waals surface area contributed by atoms with Crippen molar-refractivity contribution in [3.63, 3.8) is 0 Å². The number of benzene rings is 1. The maximum Gasteiger partial charge on any atom is 0.419 e. The summed E-state index contributed by atoms with van der Waals surface area (Å²) < 4.78 is 57.2. The van der Waals surface area contributed by atoms with Crippen molar-refractivity contribution in [1.82, 2.24) is 25.2 Å². The largest absolute Gasteiger partial charge is 0.479 e. The van der Waals surface area contributed by atoms with Gasteiger partial charge >= 0.3 is 12.2 Å². The van der Waals surface area contributed by atoms with E-state index in [0.717, 1.165) is 17.4 Å². The molecule has 174 valence electrons. The molecule has 0 unspecified atom stereocenters. The highest BCUT2D eigenvalue weighted by atomic mass is 32.1. The molecule has 0 radical (unpaired) electrons. The van der Waals surface area contributed by atoms with Crippen LogP contribution in [0.5, 0.6) is 5.88 Å². The zero-order valence-corrected chi connectivity index (χ0v) is 17.8. The first-order chi connectivity index (χ1) is 15.7. The number of rotatable bonds is 4. The molecule has 1 aromatic carbocycles. The first kappa shape index (κ1) is 22.6. The summed E-state index contributed by atoms with van der Waals surface area (Å²) in [7, 11) is 1.44. The van der Waals surface area contributed by atoms with Gasteiger partial charge < -0.3 is 15.0 Å². The fraction of sp³-hybridized carbons (Fsp3) is 0.316. The number of aromatic nitrogens is 3. The van der Waals surface area contributed by atoms with Crippen LogP contribution in [0, 0.1) is 5.82 Å². The van der Waals surface area contributed by atoms with Crippen LogP contribution in [-0.4, -0.2) is 58.0 Å². The van der Waals surface area contributed by atoms with E-state index in [4.69, 9.17) is 4.74 Å². The number of fused-ring (bicyclic) bond motifs is 1. The summed E-state index contributed by atoms with van der Waals surface area (Å²) in [6, 6.07) is 1.10. The standard InChI is InChI=1S/C19H16F4N6O3S/c1-32-15-13-16(25-8-24-15)33-17(27-13)28-18(31)29-5-4-10(7-29)26-14(30)9-2-3-12(20)11(6-9)19(21,22)23/h2-3,6,8,10H,4-5,7H2,1H3,(H,26,30)(H,27,28,31)/t10-/m0/s1. The molecule has 0 bridgehead atoms. The Labute approximate surface area is 187 Å². The van der Waals surface area contributed by atoms with E-state index in [1.54, 1.807) is 0 Å². The Morgan fingerprint density at radius 3 is 2.79 bits per heavy atom. The van der Waals surface area contributed by atoms with Gasteiger partial charge in [0.25, 0.3) is 5.91 Å². The average Bonchev–Trinajstić information content (AvgIpc) is 3.39. The molecule has 3 heterocycles. The summed E-state index contributed by atoms with van der Waals surface area (Å²) >= 11 is 1.13. The van der Waals surface area contributed by atoms with E-state index in [1.165, 1.54) is 18.3 Å². The molecular formula is C19H16F4N6O3S. The molecule has 2 aromatic heterocycles. The number of ether oxygens (including phenoxy) is 1. The number of likely N-dealkylation sites (tertiary alicyclic amines) is 1. The minimum Gasteiger partial charge on any atom is -0.479 e. The Balaban J connectivity index is 1.37. The van der Waals surface area contributed by atoms with E-state index >= 15 is 0 Å². The quantitative estimate of drug-likeness (QED) is 0.550. The number of nitrogens with zero attached hydrogens (tertiary/aromatic N) is 4. The molecule has 1 aliphatic heterocycles.